The third kappa shape index (κ3) is 2.94. The van der Waals surface area contributed by atoms with E-state index < -0.39 is 17.1 Å². The van der Waals surface area contributed by atoms with Gasteiger partial charge in [-0.3, -0.25) is 19.4 Å². The third-order valence-electron chi connectivity index (χ3n) is 2.30. The Morgan fingerprint density at radius 2 is 2.20 bits per heavy atom. The number of aromatic nitrogens is 4. The highest BCUT2D eigenvalue weighted by Crippen LogP contribution is 2.22. The first-order valence-corrected chi connectivity index (χ1v) is 6.22. The number of H-pyrrole nitrogens is 1. The van der Waals surface area contributed by atoms with Crippen molar-refractivity contribution in [1.29, 1.82) is 0 Å². The van der Waals surface area contributed by atoms with Gasteiger partial charge in [-0.25, -0.2) is 9.78 Å². The van der Waals surface area contributed by atoms with Gasteiger partial charge in [0.05, 0.1) is 12.7 Å². The van der Waals surface area contributed by atoms with E-state index in [9.17, 15) is 14.4 Å². The number of esters is 1. The molecule has 2 rings (SSSR count). The summed E-state index contributed by atoms with van der Waals surface area (Å²) < 4.78 is 5.91. The Bertz CT molecular complexity index is 768. The van der Waals surface area contributed by atoms with Gasteiger partial charge in [0.15, 0.2) is 5.16 Å². The standard InChI is InChI=1S/C11H10N4O4S/c1-15-11(13-8(16)9(17)14-15)20-7-5-6(3-4-12-7)10(18)19-2/h3-5H,1-2H3,(H,14,17). The van der Waals surface area contributed by atoms with E-state index in [2.05, 4.69) is 19.8 Å². The number of hydrogen-bond acceptors (Lipinski definition) is 7. The normalized spacial score (nSPS) is 10.3. The van der Waals surface area contributed by atoms with E-state index in [1.54, 1.807) is 7.05 Å². The maximum atomic E-state index is 11.4. The summed E-state index contributed by atoms with van der Waals surface area (Å²) in [4.78, 5) is 41.4. The highest BCUT2D eigenvalue weighted by Gasteiger charge is 2.10. The Hall–Kier alpha value is -2.42. The molecule has 0 spiro atoms. The van der Waals surface area contributed by atoms with Gasteiger partial charge in [-0.1, -0.05) is 0 Å². The monoisotopic (exact) mass is 294 g/mol. The number of methoxy groups -OCH3 is 1. The molecule has 0 atom stereocenters. The second-order valence-electron chi connectivity index (χ2n) is 3.68. The molecular weight excluding hydrogens is 284 g/mol. The van der Waals surface area contributed by atoms with E-state index >= 15 is 0 Å². The molecule has 0 bridgehead atoms. The summed E-state index contributed by atoms with van der Waals surface area (Å²) in [6, 6.07) is 3.02. The minimum absolute atomic E-state index is 0.254. The largest absolute Gasteiger partial charge is 0.465 e. The summed E-state index contributed by atoms with van der Waals surface area (Å²) in [6.45, 7) is 0. The SMILES string of the molecule is COC(=O)c1ccnc(Sc2nc(=O)c(=O)[nH]n2C)c1. The second kappa shape index (κ2) is 5.70. The maximum absolute atomic E-state index is 11.4. The lowest BCUT2D eigenvalue weighted by Gasteiger charge is -2.05. The van der Waals surface area contributed by atoms with Crippen LogP contribution in [0.1, 0.15) is 10.4 Å². The molecular formula is C11H10N4O4S. The van der Waals surface area contributed by atoms with Crippen molar-refractivity contribution in [3.8, 4) is 0 Å². The smallest absolute Gasteiger partial charge is 0.339 e. The molecule has 2 aromatic rings. The Morgan fingerprint density at radius 3 is 2.90 bits per heavy atom. The van der Waals surface area contributed by atoms with Crippen LogP contribution in [0.15, 0.2) is 38.1 Å². The molecule has 0 amide bonds. The molecule has 1 N–H and O–H groups in total. The molecule has 0 fully saturated rings. The molecule has 104 valence electrons. The minimum Gasteiger partial charge on any atom is -0.465 e. The Labute approximate surface area is 116 Å². The van der Waals surface area contributed by atoms with E-state index in [1.807, 2.05) is 0 Å². The highest BCUT2D eigenvalue weighted by molar-refractivity contribution is 7.99. The van der Waals surface area contributed by atoms with E-state index in [1.165, 1.54) is 30.1 Å². The van der Waals surface area contributed by atoms with Gasteiger partial charge < -0.3 is 4.74 Å². The molecule has 0 unspecified atom stereocenters. The first-order chi connectivity index (χ1) is 9.51. The van der Waals surface area contributed by atoms with E-state index in [-0.39, 0.29) is 5.16 Å². The molecule has 0 aromatic carbocycles. The van der Waals surface area contributed by atoms with Crippen LogP contribution in [0.25, 0.3) is 0 Å². The number of rotatable bonds is 3. The zero-order valence-electron chi connectivity index (χ0n) is 10.6. The topological polar surface area (TPSA) is 107 Å². The number of carbonyl (C=O) groups is 1. The molecule has 0 saturated carbocycles. The molecule has 9 heteroatoms. The molecule has 0 aliphatic carbocycles. The van der Waals surface area contributed by atoms with E-state index in [0.717, 1.165) is 11.8 Å². The zero-order valence-corrected chi connectivity index (χ0v) is 11.4. The second-order valence-corrected chi connectivity index (χ2v) is 4.66. The van der Waals surface area contributed by atoms with Crippen LogP contribution in [0.3, 0.4) is 0 Å². The number of pyridine rings is 1. The van der Waals surface area contributed by atoms with Crippen LogP contribution in [0, 0.1) is 0 Å². The summed E-state index contributed by atoms with van der Waals surface area (Å²) in [5.41, 5.74) is -1.35. The number of nitrogens with one attached hydrogen (secondary N) is 1. The van der Waals surface area contributed by atoms with Crippen molar-refractivity contribution in [3.05, 3.63) is 44.6 Å². The van der Waals surface area contributed by atoms with Crippen molar-refractivity contribution in [2.24, 2.45) is 7.05 Å². The van der Waals surface area contributed by atoms with Gasteiger partial charge in [0.25, 0.3) is 0 Å². The molecule has 2 heterocycles. The van der Waals surface area contributed by atoms with Crippen molar-refractivity contribution in [2.75, 3.05) is 7.11 Å². The van der Waals surface area contributed by atoms with Gasteiger partial charge in [-0.2, -0.15) is 4.98 Å². The van der Waals surface area contributed by atoms with Gasteiger partial charge in [-0.15, -0.1) is 0 Å². The molecule has 0 radical (unpaired) electrons. The predicted molar refractivity (Wildman–Crippen MR) is 69.8 cm³/mol. The van der Waals surface area contributed by atoms with Crippen LogP contribution in [0.4, 0.5) is 0 Å². The van der Waals surface area contributed by atoms with Crippen molar-refractivity contribution in [1.82, 2.24) is 19.7 Å². The number of carbonyl (C=O) groups excluding carboxylic acids is 1. The average molecular weight is 294 g/mol. The molecule has 0 aliphatic rings. The summed E-state index contributed by atoms with van der Waals surface area (Å²) >= 11 is 1.04. The van der Waals surface area contributed by atoms with Gasteiger partial charge >= 0.3 is 17.1 Å². The number of aryl methyl sites for hydroxylation is 1. The first-order valence-electron chi connectivity index (χ1n) is 5.41. The summed E-state index contributed by atoms with van der Waals surface area (Å²) in [5.74, 6) is -0.488. The highest BCUT2D eigenvalue weighted by atomic mass is 32.2. The Morgan fingerprint density at radius 1 is 1.45 bits per heavy atom. The molecule has 8 nitrogen and oxygen atoms in total. The minimum atomic E-state index is -0.880. The van der Waals surface area contributed by atoms with Crippen molar-refractivity contribution < 1.29 is 9.53 Å². The fourth-order valence-corrected chi connectivity index (χ4v) is 2.15. The van der Waals surface area contributed by atoms with E-state index in [4.69, 9.17) is 0 Å². The summed E-state index contributed by atoms with van der Waals surface area (Å²) in [6.07, 6.45) is 1.44. The fraction of sp³-hybridized carbons (Fsp3) is 0.182. The van der Waals surface area contributed by atoms with Crippen LogP contribution in [0.2, 0.25) is 0 Å². The van der Waals surface area contributed by atoms with Crippen molar-refractivity contribution in [2.45, 2.75) is 10.2 Å². The van der Waals surface area contributed by atoms with Crippen LogP contribution in [0.5, 0.6) is 0 Å². The fourth-order valence-electron chi connectivity index (χ4n) is 1.36. The van der Waals surface area contributed by atoms with Crippen LogP contribution in [-0.4, -0.2) is 32.8 Å². The van der Waals surface area contributed by atoms with E-state index in [0.29, 0.717) is 10.6 Å². The molecule has 20 heavy (non-hydrogen) atoms. The lowest BCUT2D eigenvalue weighted by molar-refractivity contribution is 0.0600. The Kier molecular flexibility index (Phi) is 3.99. The van der Waals surface area contributed by atoms with Crippen molar-refractivity contribution in [3.63, 3.8) is 0 Å². The number of hydrogen-bond donors (Lipinski definition) is 1. The van der Waals surface area contributed by atoms with Gasteiger partial charge in [0.1, 0.15) is 5.03 Å². The predicted octanol–water partition coefficient (Wildman–Crippen LogP) is -0.199. The van der Waals surface area contributed by atoms with Crippen LogP contribution < -0.4 is 11.1 Å². The zero-order chi connectivity index (χ0) is 14.7. The lowest BCUT2D eigenvalue weighted by Crippen LogP contribution is -2.33. The summed E-state index contributed by atoms with van der Waals surface area (Å²) in [7, 11) is 2.82. The van der Waals surface area contributed by atoms with Crippen LogP contribution in [-0.2, 0) is 11.8 Å². The quantitative estimate of drug-likeness (QED) is 0.617. The molecule has 0 aliphatic heterocycles. The average Bonchev–Trinajstić information content (AvgIpc) is 2.44. The van der Waals surface area contributed by atoms with Gasteiger partial charge in [-0.05, 0) is 23.9 Å². The first kappa shape index (κ1) is 14.0. The number of nitrogens with zero attached hydrogens (tertiary/aromatic N) is 3. The van der Waals surface area contributed by atoms with Gasteiger partial charge in [0, 0.05) is 13.2 Å². The lowest BCUT2D eigenvalue weighted by atomic mass is 10.3. The maximum Gasteiger partial charge on any atom is 0.339 e. The summed E-state index contributed by atoms with van der Waals surface area (Å²) in [5, 5.41) is 3.02. The third-order valence-corrected chi connectivity index (χ3v) is 3.28. The van der Waals surface area contributed by atoms with Gasteiger partial charge in [0.2, 0.25) is 0 Å². The molecule has 2 aromatic heterocycles. The number of ether oxygens (including phenoxy) is 1. The molecule has 0 saturated heterocycles. The Balaban J connectivity index is 2.35. The number of aromatic amines is 1. The van der Waals surface area contributed by atoms with Crippen LogP contribution >= 0.6 is 11.8 Å². The van der Waals surface area contributed by atoms with Crippen molar-refractivity contribution >= 4 is 17.7 Å².